The van der Waals surface area contributed by atoms with Crippen molar-refractivity contribution in [2.45, 2.75) is 13.5 Å². The zero-order chi connectivity index (χ0) is 26.6. The van der Waals surface area contributed by atoms with Gasteiger partial charge in [0.05, 0.1) is 11.4 Å². The molecule has 5 rings (SSSR count). The van der Waals surface area contributed by atoms with Crippen LogP contribution in [0.25, 0.3) is 23.0 Å². The average Bonchev–Trinajstić information content (AvgIpc) is 3.39. The molecule has 7 heteroatoms. The quantitative estimate of drug-likeness (QED) is 0.263. The van der Waals surface area contributed by atoms with Crippen LogP contribution in [0.15, 0.2) is 108 Å². The van der Waals surface area contributed by atoms with Gasteiger partial charge < -0.3 is 4.74 Å². The van der Waals surface area contributed by atoms with Crippen LogP contribution in [0.2, 0.25) is 0 Å². The Bertz CT molecular complexity index is 1610. The lowest BCUT2D eigenvalue weighted by Crippen LogP contribution is -2.39. The summed E-state index contributed by atoms with van der Waals surface area (Å²) in [5, 5.41) is 14.3. The Balaban J connectivity index is 1.55. The number of imide groups is 1. The first-order valence-corrected chi connectivity index (χ1v) is 12.0. The van der Waals surface area contributed by atoms with Crippen LogP contribution in [0, 0.1) is 11.3 Å². The minimum Gasteiger partial charge on any atom is -0.489 e. The summed E-state index contributed by atoms with van der Waals surface area (Å²) in [5.41, 5.74) is 4.66. The van der Waals surface area contributed by atoms with Crippen LogP contribution in [0.3, 0.4) is 0 Å². The van der Waals surface area contributed by atoms with Crippen molar-refractivity contribution < 1.29 is 14.3 Å². The fraction of sp³-hybridized carbons (Fsp3) is 0.0968. The van der Waals surface area contributed by atoms with Crippen LogP contribution >= 0.6 is 0 Å². The van der Waals surface area contributed by atoms with E-state index in [2.05, 4.69) is 0 Å². The maximum absolute atomic E-state index is 13.0. The molecule has 1 aliphatic rings. The highest BCUT2D eigenvalue weighted by Gasteiger charge is 2.33. The Labute approximate surface area is 220 Å². The monoisotopic (exact) mass is 500 g/mol. The lowest BCUT2D eigenvalue weighted by molar-refractivity contribution is -0.138. The van der Waals surface area contributed by atoms with Gasteiger partial charge in [-0.25, -0.2) is 4.68 Å². The Morgan fingerprint density at radius 2 is 1.58 bits per heavy atom. The average molecular weight is 501 g/mol. The van der Waals surface area contributed by atoms with Gasteiger partial charge in [0, 0.05) is 29.9 Å². The summed E-state index contributed by atoms with van der Waals surface area (Å²) < 4.78 is 7.67. The van der Waals surface area contributed by atoms with Crippen LogP contribution in [0.5, 0.6) is 5.75 Å². The Hall–Kier alpha value is -5.22. The van der Waals surface area contributed by atoms with E-state index >= 15 is 0 Å². The molecule has 2 heterocycles. The van der Waals surface area contributed by atoms with Gasteiger partial charge in [-0.2, -0.15) is 10.4 Å². The van der Waals surface area contributed by atoms with E-state index in [1.165, 1.54) is 7.05 Å². The summed E-state index contributed by atoms with van der Waals surface area (Å²) in [4.78, 5) is 26.4. The zero-order valence-corrected chi connectivity index (χ0v) is 21.0. The SMILES string of the molecule is CC1=C(C#N)C(=O)N(C)C(=O)/C1=C\c1cn(-c2ccccc2)nc1-c1ccc(OCc2ccccc2)cc1. The number of hydrogen-bond acceptors (Lipinski definition) is 5. The molecule has 186 valence electrons. The van der Waals surface area contributed by atoms with Crippen molar-refractivity contribution in [1.82, 2.24) is 14.7 Å². The van der Waals surface area contributed by atoms with Gasteiger partial charge in [-0.15, -0.1) is 0 Å². The first-order valence-electron chi connectivity index (χ1n) is 12.0. The number of hydrogen-bond donors (Lipinski definition) is 0. The largest absolute Gasteiger partial charge is 0.489 e. The third-order valence-corrected chi connectivity index (χ3v) is 6.38. The topological polar surface area (TPSA) is 88.2 Å². The number of amides is 2. The number of benzene rings is 3. The molecule has 38 heavy (non-hydrogen) atoms. The molecule has 0 N–H and O–H groups in total. The van der Waals surface area contributed by atoms with Gasteiger partial charge in [0.2, 0.25) is 0 Å². The second kappa shape index (κ2) is 10.4. The number of aromatic nitrogens is 2. The summed E-state index contributed by atoms with van der Waals surface area (Å²) in [6.45, 7) is 2.08. The predicted octanol–water partition coefficient (Wildman–Crippen LogP) is 5.34. The van der Waals surface area contributed by atoms with Gasteiger partial charge in [-0.05, 0) is 60.5 Å². The minimum absolute atomic E-state index is 0.0460. The molecule has 0 unspecified atom stereocenters. The van der Waals surface area contributed by atoms with Crippen molar-refractivity contribution in [2.75, 3.05) is 7.05 Å². The molecule has 0 saturated heterocycles. The summed E-state index contributed by atoms with van der Waals surface area (Å²) >= 11 is 0. The zero-order valence-electron chi connectivity index (χ0n) is 21.0. The van der Waals surface area contributed by atoms with Crippen molar-refractivity contribution in [3.8, 4) is 28.8 Å². The highest BCUT2D eigenvalue weighted by atomic mass is 16.5. The number of nitriles is 1. The minimum atomic E-state index is -0.599. The lowest BCUT2D eigenvalue weighted by atomic mass is 9.93. The molecule has 0 bridgehead atoms. The van der Waals surface area contributed by atoms with E-state index in [4.69, 9.17) is 9.84 Å². The summed E-state index contributed by atoms with van der Waals surface area (Å²) in [6.07, 6.45) is 3.53. The van der Waals surface area contributed by atoms with Crippen LogP contribution in [-0.4, -0.2) is 33.5 Å². The number of para-hydroxylation sites is 1. The molecule has 1 aliphatic heterocycles. The van der Waals surface area contributed by atoms with Crippen molar-refractivity contribution in [3.05, 3.63) is 119 Å². The van der Waals surface area contributed by atoms with Gasteiger partial charge in [-0.1, -0.05) is 48.5 Å². The fourth-order valence-electron chi connectivity index (χ4n) is 4.23. The van der Waals surface area contributed by atoms with E-state index in [1.807, 2.05) is 97.2 Å². The predicted molar refractivity (Wildman–Crippen MR) is 144 cm³/mol. The molecule has 2 amide bonds. The van der Waals surface area contributed by atoms with Crippen LogP contribution in [-0.2, 0) is 16.2 Å². The first-order chi connectivity index (χ1) is 18.5. The second-order valence-corrected chi connectivity index (χ2v) is 8.85. The Morgan fingerprint density at radius 1 is 0.921 bits per heavy atom. The molecule has 4 aromatic rings. The molecular weight excluding hydrogens is 476 g/mol. The highest BCUT2D eigenvalue weighted by Crippen LogP contribution is 2.31. The van der Waals surface area contributed by atoms with Crippen LogP contribution in [0.1, 0.15) is 18.1 Å². The highest BCUT2D eigenvalue weighted by molar-refractivity contribution is 6.19. The molecule has 7 nitrogen and oxygen atoms in total. The standard InChI is InChI=1S/C31H24N4O3/c1-21-27(30(36)34(2)31(37)28(21)18-32)17-24-19-35(25-11-7-4-8-12-25)33-29(24)23-13-15-26(16-14-23)38-20-22-9-5-3-6-10-22/h3-17,19H,20H2,1-2H3/b27-17-. The molecule has 3 aromatic carbocycles. The number of carbonyl (C=O) groups excluding carboxylic acids is 2. The normalized spacial score (nSPS) is 14.7. The van der Waals surface area contributed by atoms with Crippen molar-refractivity contribution >= 4 is 17.9 Å². The molecular formula is C31H24N4O3. The van der Waals surface area contributed by atoms with Crippen molar-refractivity contribution in [3.63, 3.8) is 0 Å². The van der Waals surface area contributed by atoms with Gasteiger partial charge >= 0.3 is 0 Å². The fourth-order valence-corrected chi connectivity index (χ4v) is 4.23. The van der Waals surface area contributed by atoms with Crippen molar-refractivity contribution in [1.29, 1.82) is 5.26 Å². The number of nitrogens with zero attached hydrogens (tertiary/aromatic N) is 4. The number of likely N-dealkylation sites (N-methyl/N-ethyl adjacent to an activating group) is 1. The van der Waals surface area contributed by atoms with E-state index < -0.39 is 11.8 Å². The number of rotatable bonds is 6. The molecule has 0 aliphatic carbocycles. The first kappa shape index (κ1) is 24.5. The second-order valence-electron chi connectivity index (χ2n) is 8.85. The maximum atomic E-state index is 13.0. The van der Waals surface area contributed by atoms with Gasteiger partial charge in [0.25, 0.3) is 11.8 Å². The smallest absolute Gasteiger partial charge is 0.271 e. The third kappa shape index (κ3) is 4.75. The molecule has 1 aromatic heterocycles. The van der Waals surface area contributed by atoms with Gasteiger partial charge in [0.15, 0.2) is 0 Å². The van der Waals surface area contributed by atoms with Crippen LogP contribution < -0.4 is 4.74 Å². The van der Waals surface area contributed by atoms with E-state index in [0.717, 1.165) is 27.5 Å². The van der Waals surface area contributed by atoms with Crippen molar-refractivity contribution in [2.24, 2.45) is 0 Å². The summed E-state index contributed by atoms with van der Waals surface area (Å²) in [5.74, 6) is -0.340. The van der Waals surface area contributed by atoms with E-state index in [-0.39, 0.29) is 11.1 Å². The number of carbonyl (C=O) groups is 2. The summed E-state index contributed by atoms with van der Waals surface area (Å²) in [7, 11) is 1.38. The molecule has 0 radical (unpaired) electrons. The summed E-state index contributed by atoms with van der Waals surface area (Å²) in [6, 6.07) is 29.1. The van der Waals surface area contributed by atoms with E-state index in [0.29, 0.717) is 23.4 Å². The maximum Gasteiger partial charge on any atom is 0.271 e. The Morgan fingerprint density at radius 3 is 2.24 bits per heavy atom. The molecule has 0 spiro atoms. The van der Waals surface area contributed by atoms with Gasteiger partial charge in [-0.3, -0.25) is 14.5 Å². The molecule has 0 saturated carbocycles. The van der Waals surface area contributed by atoms with Crippen LogP contribution in [0.4, 0.5) is 0 Å². The van der Waals surface area contributed by atoms with Gasteiger partial charge in [0.1, 0.15) is 24.0 Å². The molecule has 0 fully saturated rings. The number of ether oxygens (including phenoxy) is 1. The lowest BCUT2D eigenvalue weighted by Gasteiger charge is -2.23. The molecule has 0 atom stereocenters. The van der Waals surface area contributed by atoms with E-state index in [1.54, 1.807) is 17.7 Å². The Kier molecular flexibility index (Phi) is 6.70. The third-order valence-electron chi connectivity index (χ3n) is 6.38. The van der Waals surface area contributed by atoms with E-state index in [9.17, 15) is 14.9 Å².